The van der Waals surface area contributed by atoms with Gasteiger partial charge < -0.3 is 9.80 Å². The number of sulfonamides is 1. The molecule has 0 atom stereocenters. The Balaban J connectivity index is 1.94. The van der Waals surface area contributed by atoms with Gasteiger partial charge in [-0.3, -0.25) is 9.52 Å². The van der Waals surface area contributed by atoms with Crippen LogP contribution in [-0.2, 0) is 14.8 Å². The molecule has 1 saturated heterocycles. The Morgan fingerprint density at radius 3 is 2.48 bits per heavy atom. The van der Waals surface area contributed by atoms with Gasteiger partial charge >= 0.3 is 0 Å². The van der Waals surface area contributed by atoms with E-state index in [1.54, 1.807) is 19.2 Å². The van der Waals surface area contributed by atoms with Crippen molar-refractivity contribution in [3.05, 3.63) is 18.3 Å². The van der Waals surface area contributed by atoms with Gasteiger partial charge in [-0.2, -0.15) is 0 Å². The molecule has 2 heterocycles. The number of nitrogens with one attached hydrogen (secondary N) is 1. The molecule has 0 spiro atoms. The number of carbonyl (C=O) groups excluding carboxylic acids is 1. The lowest BCUT2D eigenvalue weighted by molar-refractivity contribution is -0.129. The fraction of sp³-hybridized carbons (Fsp3) is 0.600. The van der Waals surface area contributed by atoms with Crippen LogP contribution in [0.5, 0.6) is 0 Å². The maximum atomic E-state index is 11.8. The third-order valence-corrected chi connectivity index (χ3v) is 5.21. The molecule has 1 N–H and O–H groups in total. The fourth-order valence-electron chi connectivity index (χ4n) is 2.46. The quantitative estimate of drug-likeness (QED) is 0.844. The van der Waals surface area contributed by atoms with E-state index in [4.69, 9.17) is 0 Å². The minimum Gasteiger partial charge on any atom is -0.367 e. The molecule has 8 heteroatoms. The van der Waals surface area contributed by atoms with E-state index in [0.717, 1.165) is 25.2 Å². The van der Waals surface area contributed by atoms with E-state index in [9.17, 15) is 13.2 Å². The summed E-state index contributed by atoms with van der Waals surface area (Å²) in [4.78, 5) is 19.5. The molecule has 0 radical (unpaired) electrons. The van der Waals surface area contributed by atoms with Crippen molar-refractivity contribution in [2.45, 2.75) is 26.7 Å². The Morgan fingerprint density at radius 2 is 1.96 bits per heavy atom. The average Bonchev–Trinajstić information content (AvgIpc) is 2.53. The number of piperazine rings is 1. The van der Waals surface area contributed by atoms with Crippen molar-refractivity contribution in [2.24, 2.45) is 0 Å². The van der Waals surface area contributed by atoms with Gasteiger partial charge in [0, 0.05) is 33.1 Å². The van der Waals surface area contributed by atoms with Crippen LogP contribution in [0.25, 0.3) is 0 Å². The fourth-order valence-corrected chi connectivity index (χ4v) is 3.67. The largest absolute Gasteiger partial charge is 0.367 e. The van der Waals surface area contributed by atoms with Gasteiger partial charge in [0.25, 0.3) is 0 Å². The normalized spacial score (nSPS) is 15.6. The highest BCUT2D eigenvalue weighted by Crippen LogP contribution is 2.18. The van der Waals surface area contributed by atoms with Crippen molar-refractivity contribution < 1.29 is 13.2 Å². The Labute approximate surface area is 137 Å². The highest BCUT2D eigenvalue weighted by molar-refractivity contribution is 7.92. The molecular formula is C15H24N4O3S. The molecule has 7 nitrogen and oxygen atoms in total. The van der Waals surface area contributed by atoms with Gasteiger partial charge in [-0.15, -0.1) is 0 Å². The zero-order chi connectivity index (χ0) is 16.9. The highest BCUT2D eigenvalue weighted by atomic mass is 32.2. The van der Waals surface area contributed by atoms with E-state index in [1.807, 2.05) is 17.9 Å². The van der Waals surface area contributed by atoms with Crippen LogP contribution in [0.1, 0.15) is 26.7 Å². The molecule has 128 valence electrons. The molecule has 1 aliphatic heterocycles. The van der Waals surface area contributed by atoms with Crippen LogP contribution in [0.4, 0.5) is 11.5 Å². The minimum atomic E-state index is -3.32. The van der Waals surface area contributed by atoms with Crippen LogP contribution in [0.2, 0.25) is 0 Å². The number of amides is 1. The molecule has 1 fully saturated rings. The predicted molar refractivity (Wildman–Crippen MR) is 91.0 cm³/mol. The van der Waals surface area contributed by atoms with E-state index in [0.29, 0.717) is 25.3 Å². The number of carbonyl (C=O) groups is 1. The van der Waals surface area contributed by atoms with Crippen molar-refractivity contribution >= 4 is 27.4 Å². The standard InChI is InChI=1S/C15H24N4O3S/c1-3-4-11-23(21,22)17-15-6-5-14(12-16-15)19-9-7-18(8-10-19)13(2)20/h5-6,12H,3-4,7-11H2,1-2H3,(H,16,17). The summed E-state index contributed by atoms with van der Waals surface area (Å²) in [6.45, 7) is 6.43. The predicted octanol–water partition coefficient (Wildman–Crippen LogP) is 1.29. The minimum absolute atomic E-state index is 0.0969. The highest BCUT2D eigenvalue weighted by Gasteiger charge is 2.19. The summed E-state index contributed by atoms with van der Waals surface area (Å²) in [5.41, 5.74) is 0.935. The van der Waals surface area contributed by atoms with Crippen LogP contribution < -0.4 is 9.62 Å². The van der Waals surface area contributed by atoms with Gasteiger partial charge in [-0.25, -0.2) is 13.4 Å². The molecule has 1 aliphatic rings. The molecule has 1 aromatic rings. The van der Waals surface area contributed by atoms with Gasteiger partial charge in [-0.1, -0.05) is 13.3 Å². The third-order valence-electron chi connectivity index (χ3n) is 3.86. The molecule has 23 heavy (non-hydrogen) atoms. The number of rotatable bonds is 6. The lowest BCUT2D eigenvalue weighted by Crippen LogP contribution is -2.48. The zero-order valence-corrected chi connectivity index (χ0v) is 14.5. The van der Waals surface area contributed by atoms with Crippen LogP contribution in [0, 0.1) is 0 Å². The van der Waals surface area contributed by atoms with Crippen LogP contribution in [0.3, 0.4) is 0 Å². The smallest absolute Gasteiger partial charge is 0.233 e. The molecule has 0 aliphatic carbocycles. The Hall–Kier alpha value is -1.83. The van der Waals surface area contributed by atoms with Crippen LogP contribution in [0.15, 0.2) is 18.3 Å². The van der Waals surface area contributed by atoms with Crippen molar-refractivity contribution in [2.75, 3.05) is 41.6 Å². The SMILES string of the molecule is CCCCS(=O)(=O)Nc1ccc(N2CCN(C(C)=O)CC2)cn1. The monoisotopic (exact) mass is 340 g/mol. The first-order chi connectivity index (χ1) is 10.9. The van der Waals surface area contributed by atoms with E-state index < -0.39 is 10.0 Å². The lowest BCUT2D eigenvalue weighted by atomic mass is 10.2. The summed E-state index contributed by atoms with van der Waals surface area (Å²) in [5, 5.41) is 0. The van der Waals surface area contributed by atoms with Crippen LogP contribution >= 0.6 is 0 Å². The van der Waals surface area contributed by atoms with Crippen molar-refractivity contribution in [3.63, 3.8) is 0 Å². The number of unbranched alkanes of at least 4 members (excludes halogenated alkanes) is 1. The number of nitrogens with zero attached hydrogens (tertiary/aromatic N) is 3. The average molecular weight is 340 g/mol. The number of aromatic nitrogens is 1. The summed E-state index contributed by atoms with van der Waals surface area (Å²) in [5.74, 6) is 0.548. The maximum absolute atomic E-state index is 11.8. The summed E-state index contributed by atoms with van der Waals surface area (Å²) in [6.07, 6.45) is 3.13. The zero-order valence-electron chi connectivity index (χ0n) is 13.7. The van der Waals surface area contributed by atoms with Gasteiger partial charge in [0.15, 0.2) is 0 Å². The topological polar surface area (TPSA) is 82.6 Å². The second-order valence-electron chi connectivity index (χ2n) is 5.67. The summed E-state index contributed by atoms with van der Waals surface area (Å²) >= 11 is 0. The maximum Gasteiger partial charge on any atom is 0.233 e. The van der Waals surface area contributed by atoms with E-state index in [-0.39, 0.29) is 11.7 Å². The molecular weight excluding hydrogens is 316 g/mol. The second kappa shape index (κ2) is 7.63. The van der Waals surface area contributed by atoms with Crippen molar-refractivity contribution in [1.29, 1.82) is 0 Å². The van der Waals surface area contributed by atoms with E-state index >= 15 is 0 Å². The first kappa shape index (κ1) is 17.5. The number of pyridine rings is 1. The van der Waals surface area contributed by atoms with Gasteiger partial charge in [0.2, 0.25) is 15.9 Å². The first-order valence-corrected chi connectivity index (χ1v) is 9.53. The van der Waals surface area contributed by atoms with E-state index in [1.165, 1.54) is 0 Å². The molecule has 1 aromatic heterocycles. The second-order valence-corrected chi connectivity index (χ2v) is 7.51. The molecule has 0 bridgehead atoms. The number of anilines is 2. The Bertz CT molecular complexity index is 623. The third kappa shape index (κ3) is 5.09. The Kier molecular flexibility index (Phi) is 5.81. The number of hydrogen-bond donors (Lipinski definition) is 1. The summed E-state index contributed by atoms with van der Waals surface area (Å²) in [7, 11) is -3.32. The molecule has 2 rings (SSSR count). The lowest BCUT2D eigenvalue weighted by Gasteiger charge is -2.35. The van der Waals surface area contributed by atoms with Gasteiger partial charge in [0.05, 0.1) is 17.6 Å². The first-order valence-electron chi connectivity index (χ1n) is 7.88. The molecule has 0 unspecified atom stereocenters. The molecule has 1 amide bonds. The molecule has 0 aromatic carbocycles. The Morgan fingerprint density at radius 1 is 1.26 bits per heavy atom. The van der Waals surface area contributed by atoms with Crippen molar-refractivity contribution in [1.82, 2.24) is 9.88 Å². The van der Waals surface area contributed by atoms with E-state index in [2.05, 4.69) is 14.6 Å². The van der Waals surface area contributed by atoms with Gasteiger partial charge in [0.1, 0.15) is 5.82 Å². The number of hydrogen-bond acceptors (Lipinski definition) is 5. The summed E-state index contributed by atoms with van der Waals surface area (Å²) in [6, 6.07) is 3.53. The van der Waals surface area contributed by atoms with Gasteiger partial charge in [-0.05, 0) is 18.6 Å². The van der Waals surface area contributed by atoms with Crippen LogP contribution in [-0.4, -0.2) is 56.1 Å². The van der Waals surface area contributed by atoms with Crippen molar-refractivity contribution in [3.8, 4) is 0 Å². The molecule has 0 saturated carbocycles. The summed E-state index contributed by atoms with van der Waals surface area (Å²) < 4.78 is 26.2.